The summed E-state index contributed by atoms with van der Waals surface area (Å²) in [7, 11) is -3.70. The highest BCUT2D eigenvalue weighted by Gasteiger charge is 2.26. The Balaban J connectivity index is 1.29. The Morgan fingerprint density at radius 3 is 2.45 bits per heavy atom. The zero-order chi connectivity index (χ0) is 23.3. The first-order valence-corrected chi connectivity index (χ1v) is 12.5. The number of carbonyl (C=O) groups excluding carboxylic acids is 1. The van der Waals surface area contributed by atoms with Gasteiger partial charge in [0.15, 0.2) is 5.82 Å². The summed E-state index contributed by atoms with van der Waals surface area (Å²) >= 11 is 0. The van der Waals surface area contributed by atoms with Gasteiger partial charge in [-0.05, 0) is 49.1 Å². The van der Waals surface area contributed by atoms with E-state index in [4.69, 9.17) is 5.14 Å². The molecule has 2 heterocycles. The number of hydrogen-bond acceptors (Lipinski definition) is 6. The minimum Gasteiger partial charge on any atom is -0.355 e. The van der Waals surface area contributed by atoms with Gasteiger partial charge in [-0.2, -0.15) is 0 Å². The molecule has 1 aliphatic rings. The van der Waals surface area contributed by atoms with Crippen LogP contribution in [0.5, 0.6) is 0 Å². The number of hydrogen-bond donors (Lipinski definition) is 2. The van der Waals surface area contributed by atoms with Crippen LogP contribution in [0.1, 0.15) is 18.4 Å². The number of sulfonamides is 1. The van der Waals surface area contributed by atoms with E-state index in [9.17, 15) is 13.2 Å². The summed E-state index contributed by atoms with van der Waals surface area (Å²) in [5.41, 5.74) is 2.77. The van der Waals surface area contributed by atoms with E-state index in [1.54, 1.807) is 12.1 Å². The second kappa shape index (κ2) is 10.1. The molecule has 1 aromatic heterocycles. The maximum absolute atomic E-state index is 12.7. The smallest absolute Gasteiger partial charge is 0.238 e. The molecule has 0 aliphatic carbocycles. The van der Waals surface area contributed by atoms with Crippen LogP contribution in [0.3, 0.4) is 0 Å². The van der Waals surface area contributed by atoms with Crippen molar-refractivity contribution in [3.8, 4) is 11.3 Å². The third kappa shape index (κ3) is 5.94. The molecule has 0 radical (unpaired) electrons. The third-order valence-electron chi connectivity index (χ3n) is 5.80. The number of primary sulfonamides is 1. The predicted molar refractivity (Wildman–Crippen MR) is 127 cm³/mol. The zero-order valence-electron chi connectivity index (χ0n) is 18.2. The van der Waals surface area contributed by atoms with Gasteiger partial charge in [0.1, 0.15) is 0 Å². The van der Waals surface area contributed by atoms with Crippen molar-refractivity contribution >= 4 is 21.7 Å². The van der Waals surface area contributed by atoms with Crippen molar-refractivity contribution in [1.29, 1.82) is 0 Å². The summed E-state index contributed by atoms with van der Waals surface area (Å²) in [5, 5.41) is 16.9. The van der Waals surface area contributed by atoms with E-state index < -0.39 is 10.0 Å². The fourth-order valence-corrected chi connectivity index (χ4v) is 4.49. The Hall–Kier alpha value is -3.30. The van der Waals surface area contributed by atoms with Crippen LogP contribution in [0.2, 0.25) is 0 Å². The zero-order valence-corrected chi connectivity index (χ0v) is 19.0. The van der Waals surface area contributed by atoms with Crippen molar-refractivity contribution in [1.82, 2.24) is 15.5 Å². The summed E-state index contributed by atoms with van der Waals surface area (Å²) in [4.78, 5) is 14.9. The van der Waals surface area contributed by atoms with Crippen molar-refractivity contribution in [2.75, 3.05) is 24.5 Å². The van der Waals surface area contributed by atoms with Gasteiger partial charge >= 0.3 is 0 Å². The van der Waals surface area contributed by atoms with Crippen LogP contribution in [0.25, 0.3) is 11.3 Å². The molecule has 0 spiro atoms. The normalized spacial score (nSPS) is 16.4. The van der Waals surface area contributed by atoms with Crippen LogP contribution in [-0.4, -0.2) is 44.2 Å². The van der Waals surface area contributed by atoms with Gasteiger partial charge in [0.05, 0.1) is 16.5 Å². The Kier molecular flexibility index (Phi) is 7.00. The number of rotatable bonds is 7. The maximum atomic E-state index is 12.7. The molecule has 3 aromatic rings. The summed E-state index contributed by atoms with van der Waals surface area (Å²) in [5.74, 6) is 0.691. The number of benzene rings is 2. The summed E-state index contributed by atoms with van der Waals surface area (Å²) < 4.78 is 22.7. The summed E-state index contributed by atoms with van der Waals surface area (Å²) in [6.07, 6.45) is 2.36. The van der Waals surface area contributed by atoms with Crippen molar-refractivity contribution < 1.29 is 13.2 Å². The Labute approximate surface area is 193 Å². The number of piperidine rings is 1. The van der Waals surface area contributed by atoms with E-state index in [-0.39, 0.29) is 16.7 Å². The molecule has 1 aliphatic heterocycles. The van der Waals surface area contributed by atoms with Gasteiger partial charge in [0.25, 0.3) is 0 Å². The van der Waals surface area contributed by atoms with E-state index in [1.165, 1.54) is 12.1 Å². The van der Waals surface area contributed by atoms with E-state index >= 15 is 0 Å². The van der Waals surface area contributed by atoms with E-state index in [0.717, 1.165) is 42.0 Å². The lowest BCUT2D eigenvalue weighted by atomic mass is 9.97. The minimum absolute atomic E-state index is 0.0229. The number of aromatic nitrogens is 2. The second-order valence-electron chi connectivity index (χ2n) is 8.16. The van der Waals surface area contributed by atoms with Gasteiger partial charge in [-0.1, -0.05) is 42.5 Å². The van der Waals surface area contributed by atoms with Gasteiger partial charge in [0.2, 0.25) is 15.9 Å². The van der Waals surface area contributed by atoms with E-state index in [1.807, 2.05) is 42.5 Å². The van der Waals surface area contributed by atoms with Crippen LogP contribution < -0.4 is 15.4 Å². The van der Waals surface area contributed by atoms with Crippen molar-refractivity contribution in [3.05, 3.63) is 72.3 Å². The number of anilines is 1. The Bertz CT molecular complexity index is 1180. The van der Waals surface area contributed by atoms with Gasteiger partial charge in [-0.3, -0.25) is 4.79 Å². The molecular weight excluding hydrogens is 438 g/mol. The Morgan fingerprint density at radius 1 is 1.03 bits per heavy atom. The van der Waals surface area contributed by atoms with Crippen molar-refractivity contribution in [2.45, 2.75) is 24.2 Å². The first-order valence-electron chi connectivity index (χ1n) is 10.9. The molecule has 4 rings (SSSR count). The molecule has 172 valence electrons. The molecule has 8 nitrogen and oxygen atoms in total. The highest BCUT2D eigenvalue weighted by atomic mass is 32.2. The lowest BCUT2D eigenvalue weighted by Gasteiger charge is -2.32. The van der Waals surface area contributed by atoms with Gasteiger partial charge in [-0.15, -0.1) is 10.2 Å². The molecule has 1 amide bonds. The molecule has 1 atom stereocenters. The van der Waals surface area contributed by atoms with Crippen LogP contribution in [0, 0.1) is 5.92 Å². The number of nitrogens with one attached hydrogen (secondary N) is 1. The summed E-state index contributed by atoms with van der Waals surface area (Å²) in [6.45, 7) is 1.93. The van der Waals surface area contributed by atoms with Crippen LogP contribution in [-0.2, 0) is 21.2 Å². The van der Waals surface area contributed by atoms with Gasteiger partial charge < -0.3 is 10.2 Å². The topological polar surface area (TPSA) is 118 Å². The maximum Gasteiger partial charge on any atom is 0.238 e. The van der Waals surface area contributed by atoms with E-state index in [2.05, 4.69) is 20.4 Å². The second-order valence-corrected chi connectivity index (χ2v) is 9.72. The lowest BCUT2D eigenvalue weighted by molar-refractivity contribution is -0.125. The fraction of sp³-hybridized carbons (Fsp3) is 0.292. The van der Waals surface area contributed by atoms with Crippen LogP contribution >= 0.6 is 0 Å². The van der Waals surface area contributed by atoms with Gasteiger partial charge in [0, 0.05) is 25.2 Å². The Morgan fingerprint density at radius 2 is 1.79 bits per heavy atom. The predicted octanol–water partition coefficient (Wildman–Crippen LogP) is 2.37. The molecule has 0 bridgehead atoms. The average Bonchev–Trinajstić information content (AvgIpc) is 2.84. The molecule has 1 unspecified atom stereocenters. The molecule has 2 aromatic carbocycles. The first kappa shape index (κ1) is 22.9. The largest absolute Gasteiger partial charge is 0.355 e. The number of carbonyl (C=O) groups is 1. The fourth-order valence-electron chi connectivity index (χ4n) is 3.98. The minimum atomic E-state index is -3.70. The average molecular weight is 466 g/mol. The highest BCUT2D eigenvalue weighted by molar-refractivity contribution is 7.89. The molecular formula is C24H27N5O3S. The lowest BCUT2D eigenvalue weighted by Crippen LogP contribution is -2.43. The molecule has 3 N–H and O–H groups in total. The van der Waals surface area contributed by atoms with Crippen LogP contribution in [0.15, 0.2) is 71.6 Å². The van der Waals surface area contributed by atoms with E-state index in [0.29, 0.717) is 19.5 Å². The molecule has 33 heavy (non-hydrogen) atoms. The number of nitrogens with two attached hydrogens (primary N) is 1. The molecule has 0 saturated carbocycles. The quantitative estimate of drug-likeness (QED) is 0.553. The molecule has 1 saturated heterocycles. The molecule has 9 heteroatoms. The van der Waals surface area contributed by atoms with Gasteiger partial charge in [-0.25, -0.2) is 13.6 Å². The summed E-state index contributed by atoms with van der Waals surface area (Å²) in [6, 6.07) is 20.2. The standard InChI is InChI=1S/C24H27N5O3S/c25-33(31,32)21-10-8-18(9-11-21)14-15-26-24(30)20-7-4-16-29(17-20)23-13-12-22(27-28-23)19-5-2-1-3-6-19/h1-3,5-6,8-13,20H,4,7,14-17H2,(H,26,30)(H2,25,31,32). The number of amides is 1. The third-order valence-corrected chi connectivity index (χ3v) is 6.73. The SMILES string of the molecule is NS(=O)(=O)c1ccc(CCNC(=O)C2CCCN(c3ccc(-c4ccccc4)nn3)C2)cc1. The van der Waals surface area contributed by atoms with Crippen molar-refractivity contribution in [3.63, 3.8) is 0 Å². The monoisotopic (exact) mass is 465 g/mol. The molecule has 1 fully saturated rings. The number of nitrogens with zero attached hydrogens (tertiary/aromatic N) is 3. The first-order chi connectivity index (χ1) is 15.9. The van der Waals surface area contributed by atoms with Crippen molar-refractivity contribution in [2.24, 2.45) is 11.1 Å². The van der Waals surface area contributed by atoms with Crippen LogP contribution in [0.4, 0.5) is 5.82 Å². The highest BCUT2D eigenvalue weighted by Crippen LogP contribution is 2.23.